The number of carbonyl (C=O) groups is 1. The highest BCUT2D eigenvalue weighted by Crippen LogP contribution is 2.18. The highest BCUT2D eigenvalue weighted by Gasteiger charge is 2.18. The summed E-state index contributed by atoms with van der Waals surface area (Å²) in [6.07, 6.45) is 9.93. The first-order valence-electron chi connectivity index (χ1n) is 7.76. The molecule has 0 bridgehead atoms. The standard InChI is InChI=1S/C16H21N3O2/c20-15-11-13-7-3-4-8-14(13)18-19(15)10-9-17-16(21)12-5-1-2-6-12/h1-2,11-12H,3-10H2,(H,17,21). The molecule has 1 heterocycles. The molecule has 0 aliphatic heterocycles. The molecule has 0 aromatic carbocycles. The third kappa shape index (κ3) is 3.23. The molecule has 1 aromatic rings. The second-order valence-electron chi connectivity index (χ2n) is 5.82. The summed E-state index contributed by atoms with van der Waals surface area (Å²) in [5.74, 6) is 0.143. The van der Waals surface area contributed by atoms with Crippen LogP contribution in [-0.4, -0.2) is 22.2 Å². The number of nitrogens with zero attached hydrogens (tertiary/aromatic N) is 2. The van der Waals surface area contributed by atoms with E-state index in [1.165, 1.54) is 4.68 Å². The summed E-state index contributed by atoms with van der Waals surface area (Å²) in [6, 6.07) is 1.71. The molecule has 0 unspecified atom stereocenters. The van der Waals surface area contributed by atoms with E-state index in [0.29, 0.717) is 13.1 Å². The van der Waals surface area contributed by atoms with E-state index in [9.17, 15) is 9.59 Å². The van der Waals surface area contributed by atoms with Crippen molar-refractivity contribution in [1.82, 2.24) is 15.1 Å². The van der Waals surface area contributed by atoms with Gasteiger partial charge in [0.2, 0.25) is 5.91 Å². The molecule has 0 saturated carbocycles. The first kappa shape index (κ1) is 14.0. The molecule has 21 heavy (non-hydrogen) atoms. The summed E-state index contributed by atoms with van der Waals surface area (Å²) >= 11 is 0. The molecule has 0 atom stereocenters. The van der Waals surface area contributed by atoms with E-state index in [2.05, 4.69) is 10.4 Å². The minimum absolute atomic E-state index is 0.0626. The highest BCUT2D eigenvalue weighted by atomic mass is 16.2. The zero-order chi connectivity index (χ0) is 14.7. The number of rotatable bonds is 4. The van der Waals surface area contributed by atoms with Gasteiger partial charge >= 0.3 is 0 Å². The second-order valence-corrected chi connectivity index (χ2v) is 5.82. The van der Waals surface area contributed by atoms with Crippen LogP contribution in [0, 0.1) is 5.92 Å². The van der Waals surface area contributed by atoms with E-state index >= 15 is 0 Å². The molecule has 2 aliphatic rings. The first-order valence-corrected chi connectivity index (χ1v) is 7.76. The maximum Gasteiger partial charge on any atom is 0.267 e. The number of aryl methyl sites for hydroxylation is 2. The quantitative estimate of drug-likeness (QED) is 0.846. The molecule has 5 heteroatoms. The van der Waals surface area contributed by atoms with Gasteiger partial charge in [-0.15, -0.1) is 0 Å². The summed E-state index contributed by atoms with van der Waals surface area (Å²) in [4.78, 5) is 23.9. The van der Waals surface area contributed by atoms with Gasteiger partial charge in [-0.1, -0.05) is 12.2 Å². The second kappa shape index (κ2) is 6.24. The van der Waals surface area contributed by atoms with Gasteiger partial charge in [0.1, 0.15) is 0 Å². The van der Waals surface area contributed by atoms with Gasteiger partial charge in [-0.2, -0.15) is 5.10 Å². The van der Waals surface area contributed by atoms with Gasteiger partial charge in [0, 0.05) is 18.5 Å². The molecule has 5 nitrogen and oxygen atoms in total. The number of allylic oxidation sites excluding steroid dienone is 2. The van der Waals surface area contributed by atoms with Crippen LogP contribution in [0.2, 0.25) is 0 Å². The number of nitrogens with one attached hydrogen (secondary N) is 1. The summed E-state index contributed by atoms with van der Waals surface area (Å²) in [5, 5.41) is 7.35. The number of carbonyl (C=O) groups excluding carboxylic acids is 1. The third-order valence-electron chi connectivity index (χ3n) is 4.28. The van der Waals surface area contributed by atoms with E-state index in [1.807, 2.05) is 12.2 Å². The van der Waals surface area contributed by atoms with Gasteiger partial charge in [0.25, 0.3) is 5.56 Å². The molecule has 0 saturated heterocycles. The molecule has 112 valence electrons. The number of aromatic nitrogens is 2. The maximum absolute atomic E-state index is 12.0. The van der Waals surface area contributed by atoms with Crippen LogP contribution in [0.1, 0.15) is 36.9 Å². The Hall–Kier alpha value is -1.91. The molecular formula is C16H21N3O2. The molecule has 0 spiro atoms. The van der Waals surface area contributed by atoms with Crippen LogP contribution < -0.4 is 10.9 Å². The largest absolute Gasteiger partial charge is 0.354 e. The Bertz CT molecular complexity index is 610. The van der Waals surface area contributed by atoms with Crippen LogP contribution in [0.3, 0.4) is 0 Å². The Morgan fingerprint density at radius 2 is 2.05 bits per heavy atom. The number of hydrogen-bond acceptors (Lipinski definition) is 3. The average molecular weight is 287 g/mol. The van der Waals surface area contributed by atoms with Crippen molar-refractivity contribution in [3.63, 3.8) is 0 Å². The summed E-state index contributed by atoms with van der Waals surface area (Å²) < 4.78 is 1.48. The molecule has 1 amide bonds. The molecule has 3 rings (SSSR count). The Kier molecular flexibility index (Phi) is 4.18. The summed E-state index contributed by atoms with van der Waals surface area (Å²) in [5.41, 5.74) is 2.09. The van der Waals surface area contributed by atoms with Crippen LogP contribution in [0.4, 0.5) is 0 Å². The summed E-state index contributed by atoms with van der Waals surface area (Å²) in [6.45, 7) is 0.902. The van der Waals surface area contributed by atoms with Gasteiger partial charge in [0.05, 0.1) is 12.2 Å². The van der Waals surface area contributed by atoms with Crippen molar-refractivity contribution in [3.8, 4) is 0 Å². The van der Waals surface area contributed by atoms with Crippen molar-refractivity contribution in [1.29, 1.82) is 0 Å². The number of fused-ring (bicyclic) bond motifs is 1. The van der Waals surface area contributed by atoms with Crippen LogP contribution >= 0.6 is 0 Å². The van der Waals surface area contributed by atoms with E-state index in [1.54, 1.807) is 6.07 Å². The molecule has 2 aliphatic carbocycles. The Morgan fingerprint density at radius 1 is 1.29 bits per heavy atom. The molecule has 1 aromatic heterocycles. The molecular weight excluding hydrogens is 266 g/mol. The maximum atomic E-state index is 12.0. The van der Waals surface area contributed by atoms with Crippen LogP contribution in [0.5, 0.6) is 0 Å². The van der Waals surface area contributed by atoms with Crippen molar-refractivity contribution in [3.05, 3.63) is 39.8 Å². The van der Waals surface area contributed by atoms with Crippen LogP contribution in [0.25, 0.3) is 0 Å². The zero-order valence-corrected chi connectivity index (χ0v) is 12.2. The lowest BCUT2D eigenvalue weighted by atomic mass is 9.97. The van der Waals surface area contributed by atoms with Gasteiger partial charge in [-0.3, -0.25) is 9.59 Å². The van der Waals surface area contributed by atoms with Crippen molar-refractivity contribution < 1.29 is 4.79 Å². The minimum atomic E-state index is -0.0626. The first-order chi connectivity index (χ1) is 10.2. The van der Waals surface area contributed by atoms with E-state index < -0.39 is 0 Å². The Morgan fingerprint density at radius 3 is 2.86 bits per heavy atom. The van der Waals surface area contributed by atoms with Gasteiger partial charge < -0.3 is 5.32 Å². The fourth-order valence-electron chi connectivity index (χ4n) is 3.02. The van der Waals surface area contributed by atoms with Crippen molar-refractivity contribution in [2.75, 3.05) is 6.54 Å². The van der Waals surface area contributed by atoms with Crippen LogP contribution in [0.15, 0.2) is 23.0 Å². The third-order valence-corrected chi connectivity index (χ3v) is 4.28. The molecule has 0 radical (unpaired) electrons. The normalized spacial score (nSPS) is 17.7. The van der Waals surface area contributed by atoms with E-state index in [0.717, 1.165) is 49.8 Å². The molecule has 1 N–H and O–H groups in total. The molecule has 0 fully saturated rings. The average Bonchev–Trinajstić information content (AvgIpc) is 3.02. The minimum Gasteiger partial charge on any atom is -0.354 e. The van der Waals surface area contributed by atoms with Crippen molar-refractivity contribution in [2.45, 2.75) is 45.1 Å². The Labute approximate surface area is 124 Å². The lowest BCUT2D eigenvalue weighted by molar-refractivity contribution is -0.124. The smallest absolute Gasteiger partial charge is 0.267 e. The van der Waals surface area contributed by atoms with Crippen molar-refractivity contribution in [2.24, 2.45) is 5.92 Å². The van der Waals surface area contributed by atoms with Crippen LogP contribution in [-0.2, 0) is 24.2 Å². The summed E-state index contributed by atoms with van der Waals surface area (Å²) in [7, 11) is 0. The predicted molar refractivity (Wildman–Crippen MR) is 80.0 cm³/mol. The topological polar surface area (TPSA) is 64.0 Å². The lowest BCUT2D eigenvalue weighted by Crippen LogP contribution is -2.35. The van der Waals surface area contributed by atoms with Crippen molar-refractivity contribution >= 4 is 5.91 Å². The van der Waals surface area contributed by atoms with Gasteiger partial charge in [0.15, 0.2) is 0 Å². The highest BCUT2D eigenvalue weighted by molar-refractivity contribution is 5.79. The Balaban J connectivity index is 1.57. The monoisotopic (exact) mass is 287 g/mol. The van der Waals surface area contributed by atoms with E-state index in [-0.39, 0.29) is 17.4 Å². The lowest BCUT2D eigenvalue weighted by Gasteiger charge is -2.16. The fourth-order valence-corrected chi connectivity index (χ4v) is 3.02. The van der Waals surface area contributed by atoms with Gasteiger partial charge in [-0.05, 0) is 44.1 Å². The van der Waals surface area contributed by atoms with E-state index in [4.69, 9.17) is 0 Å². The zero-order valence-electron chi connectivity index (χ0n) is 12.2. The van der Waals surface area contributed by atoms with Gasteiger partial charge in [-0.25, -0.2) is 4.68 Å². The fraction of sp³-hybridized carbons (Fsp3) is 0.562. The number of hydrogen-bond donors (Lipinski definition) is 1. The SMILES string of the molecule is O=C(NCCn1nc2c(cc1=O)CCCC2)C1CC=CC1. The predicted octanol–water partition coefficient (Wildman–Crippen LogP) is 1.20. The number of amides is 1.